The van der Waals surface area contributed by atoms with Gasteiger partial charge in [0.05, 0.1) is 17.7 Å². The summed E-state index contributed by atoms with van der Waals surface area (Å²) in [5.41, 5.74) is 3.45. The molecule has 6 nitrogen and oxygen atoms in total. The van der Waals surface area contributed by atoms with Crippen molar-refractivity contribution in [3.8, 4) is 0 Å². The molecular formula is C19H25FN4O2S. The van der Waals surface area contributed by atoms with Crippen LogP contribution in [0, 0.1) is 12.7 Å². The van der Waals surface area contributed by atoms with Crippen LogP contribution >= 0.6 is 11.3 Å². The number of hydrogen-bond acceptors (Lipinski definition) is 4. The molecule has 146 valence electrons. The fraction of sp³-hybridized carbons (Fsp3) is 0.421. The largest absolute Gasteiger partial charge is 0.339 e. The van der Waals surface area contributed by atoms with E-state index in [1.807, 2.05) is 13.8 Å². The second kappa shape index (κ2) is 10.0. The summed E-state index contributed by atoms with van der Waals surface area (Å²) in [5, 5.41) is 5.45. The van der Waals surface area contributed by atoms with Crippen LogP contribution in [-0.4, -0.2) is 34.9 Å². The van der Waals surface area contributed by atoms with E-state index in [4.69, 9.17) is 0 Å². The predicted octanol–water partition coefficient (Wildman–Crippen LogP) is 3.22. The molecule has 27 heavy (non-hydrogen) atoms. The van der Waals surface area contributed by atoms with Gasteiger partial charge in [-0.3, -0.25) is 4.79 Å². The topological polar surface area (TPSA) is 74.3 Å². The van der Waals surface area contributed by atoms with Gasteiger partial charge in [0.2, 0.25) is 5.91 Å². The zero-order valence-corrected chi connectivity index (χ0v) is 16.6. The first-order valence-electron chi connectivity index (χ1n) is 8.83. The van der Waals surface area contributed by atoms with Crippen LogP contribution in [0.2, 0.25) is 0 Å². The Balaban J connectivity index is 1.90. The summed E-state index contributed by atoms with van der Waals surface area (Å²) in [6.45, 7) is 4.60. The van der Waals surface area contributed by atoms with Gasteiger partial charge < -0.3 is 15.5 Å². The number of benzene rings is 1. The third-order valence-electron chi connectivity index (χ3n) is 4.15. The lowest BCUT2D eigenvalue weighted by atomic mass is 10.1. The number of amides is 3. The van der Waals surface area contributed by atoms with Gasteiger partial charge >= 0.3 is 6.03 Å². The van der Waals surface area contributed by atoms with E-state index in [0.29, 0.717) is 13.0 Å². The lowest BCUT2D eigenvalue weighted by molar-refractivity contribution is -0.132. The fourth-order valence-corrected chi connectivity index (χ4v) is 3.41. The number of thiazole rings is 1. The monoisotopic (exact) mass is 392 g/mol. The number of aromatic nitrogens is 1. The van der Waals surface area contributed by atoms with Crippen molar-refractivity contribution in [2.24, 2.45) is 0 Å². The number of rotatable bonds is 8. The molecule has 0 aliphatic heterocycles. The highest BCUT2D eigenvalue weighted by Gasteiger charge is 2.24. The number of hydrogen-bond donors (Lipinski definition) is 2. The van der Waals surface area contributed by atoms with Gasteiger partial charge in [-0.15, -0.1) is 11.3 Å². The van der Waals surface area contributed by atoms with Crippen molar-refractivity contribution in [2.45, 2.75) is 45.8 Å². The first-order chi connectivity index (χ1) is 12.9. The molecule has 1 aromatic heterocycles. The zero-order chi connectivity index (χ0) is 19.8. The van der Waals surface area contributed by atoms with E-state index < -0.39 is 12.1 Å². The Labute approximate surface area is 162 Å². The van der Waals surface area contributed by atoms with Gasteiger partial charge in [-0.25, -0.2) is 14.2 Å². The van der Waals surface area contributed by atoms with Crippen LogP contribution in [0.25, 0.3) is 0 Å². The number of carbonyl (C=O) groups excluding carboxylic acids is 2. The molecule has 1 aromatic carbocycles. The minimum absolute atomic E-state index is 0.137. The van der Waals surface area contributed by atoms with Gasteiger partial charge in [0.15, 0.2) is 0 Å². The van der Waals surface area contributed by atoms with Crippen molar-refractivity contribution in [3.63, 3.8) is 0 Å². The molecule has 2 aromatic rings. The van der Waals surface area contributed by atoms with Gasteiger partial charge in [-0.1, -0.05) is 25.5 Å². The van der Waals surface area contributed by atoms with Crippen LogP contribution < -0.4 is 10.6 Å². The molecular weight excluding hydrogens is 367 g/mol. The van der Waals surface area contributed by atoms with Gasteiger partial charge in [0.25, 0.3) is 0 Å². The van der Waals surface area contributed by atoms with Crippen LogP contribution in [0.4, 0.5) is 9.18 Å². The van der Waals surface area contributed by atoms with Crippen LogP contribution in [0.15, 0.2) is 29.8 Å². The van der Waals surface area contributed by atoms with Crippen LogP contribution in [0.1, 0.15) is 35.9 Å². The number of nitrogens with zero attached hydrogens (tertiary/aromatic N) is 2. The third-order valence-corrected chi connectivity index (χ3v) is 5.07. The van der Waals surface area contributed by atoms with E-state index in [2.05, 4.69) is 15.6 Å². The zero-order valence-electron chi connectivity index (χ0n) is 15.8. The minimum Gasteiger partial charge on any atom is -0.339 e. The summed E-state index contributed by atoms with van der Waals surface area (Å²) in [7, 11) is 1.72. The molecule has 0 aliphatic rings. The predicted molar refractivity (Wildman–Crippen MR) is 104 cm³/mol. The summed E-state index contributed by atoms with van der Waals surface area (Å²) >= 11 is 1.51. The Morgan fingerprint density at radius 3 is 2.59 bits per heavy atom. The summed E-state index contributed by atoms with van der Waals surface area (Å²) in [6.07, 6.45) is 1.32. The summed E-state index contributed by atoms with van der Waals surface area (Å²) in [4.78, 5) is 31.8. The molecule has 1 heterocycles. The molecule has 0 spiro atoms. The average Bonchev–Trinajstić information content (AvgIpc) is 3.05. The maximum Gasteiger partial charge on any atom is 0.315 e. The van der Waals surface area contributed by atoms with Crippen molar-refractivity contribution < 1.29 is 14.0 Å². The number of urea groups is 1. The Morgan fingerprint density at radius 2 is 2.00 bits per heavy atom. The lowest BCUT2D eigenvalue weighted by Gasteiger charge is -2.24. The molecule has 0 bridgehead atoms. The molecule has 8 heteroatoms. The van der Waals surface area contributed by atoms with Crippen molar-refractivity contribution in [1.82, 2.24) is 20.5 Å². The minimum atomic E-state index is -0.596. The van der Waals surface area contributed by atoms with E-state index >= 15 is 0 Å². The van der Waals surface area contributed by atoms with Crippen LogP contribution in [-0.2, 0) is 17.9 Å². The average molecular weight is 393 g/mol. The summed E-state index contributed by atoms with van der Waals surface area (Å²) in [5.74, 6) is -0.461. The quantitative estimate of drug-likeness (QED) is 0.724. The first-order valence-corrected chi connectivity index (χ1v) is 9.71. The van der Waals surface area contributed by atoms with Crippen molar-refractivity contribution in [3.05, 3.63) is 51.7 Å². The molecule has 0 saturated carbocycles. The first kappa shape index (κ1) is 20.8. The Kier molecular flexibility index (Phi) is 7.72. The standard InChI is InChI=1S/C19H25FN4O2S/c1-4-5-16(18(25)24(3)11-17-13(2)22-12-27-17)23-19(26)21-10-14-6-8-15(20)9-7-14/h6-9,12,16H,4-5,10-11H2,1-3H3,(H2,21,23,26)/t16-/m1/s1. The molecule has 0 fully saturated rings. The number of halogens is 1. The van der Waals surface area contributed by atoms with Gasteiger partial charge in [0.1, 0.15) is 11.9 Å². The summed E-state index contributed by atoms with van der Waals surface area (Å²) < 4.78 is 12.9. The molecule has 2 rings (SSSR count). The molecule has 0 saturated heterocycles. The van der Waals surface area contributed by atoms with Crippen molar-refractivity contribution >= 4 is 23.3 Å². The molecule has 0 radical (unpaired) electrons. The van der Waals surface area contributed by atoms with E-state index in [9.17, 15) is 14.0 Å². The number of carbonyl (C=O) groups is 2. The SMILES string of the molecule is CCC[C@@H](NC(=O)NCc1ccc(F)cc1)C(=O)N(C)Cc1scnc1C. The molecule has 3 amide bonds. The Bertz CT molecular complexity index is 763. The highest BCUT2D eigenvalue weighted by atomic mass is 32.1. The molecule has 2 N–H and O–H groups in total. The molecule has 0 unspecified atom stereocenters. The number of aryl methyl sites for hydroxylation is 1. The molecule has 1 atom stereocenters. The van der Waals surface area contributed by atoms with Crippen LogP contribution in [0.5, 0.6) is 0 Å². The van der Waals surface area contributed by atoms with Crippen molar-refractivity contribution in [2.75, 3.05) is 7.05 Å². The smallest absolute Gasteiger partial charge is 0.315 e. The maximum atomic E-state index is 12.9. The second-order valence-electron chi connectivity index (χ2n) is 6.35. The maximum absolute atomic E-state index is 12.9. The van der Waals surface area contributed by atoms with Gasteiger partial charge in [-0.2, -0.15) is 0 Å². The van der Waals surface area contributed by atoms with Crippen molar-refractivity contribution in [1.29, 1.82) is 0 Å². The normalized spacial score (nSPS) is 11.7. The number of likely N-dealkylation sites (N-methyl/N-ethyl adjacent to an activating group) is 1. The van der Waals surface area contributed by atoms with E-state index in [-0.39, 0.29) is 18.3 Å². The lowest BCUT2D eigenvalue weighted by Crippen LogP contribution is -2.50. The van der Waals surface area contributed by atoms with Gasteiger partial charge in [0, 0.05) is 18.5 Å². The van der Waals surface area contributed by atoms with E-state index in [0.717, 1.165) is 22.6 Å². The highest BCUT2D eigenvalue weighted by Crippen LogP contribution is 2.15. The van der Waals surface area contributed by atoms with E-state index in [1.54, 1.807) is 29.6 Å². The van der Waals surface area contributed by atoms with E-state index in [1.165, 1.54) is 23.5 Å². The number of nitrogens with one attached hydrogen (secondary N) is 2. The summed E-state index contributed by atoms with van der Waals surface area (Å²) in [6, 6.07) is 4.88. The third kappa shape index (κ3) is 6.32. The Hall–Kier alpha value is -2.48. The fourth-order valence-electron chi connectivity index (χ4n) is 2.58. The highest BCUT2D eigenvalue weighted by molar-refractivity contribution is 7.09. The second-order valence-corrected chi connectivity index (χ2v) is 7.29. The molecule has 0 aliphatic carbocycles. The van der Waals surface area contributed by atoms with Gasteiger partial charge in [-0.05, 0) is 31.0 Å². The Morgan fingerprint density at radius 1 is 1.30 bits per heavy atom. The van der Waals surface area contributed by atoms with Crippen LogP contribution in [0.3, 0.4) is 0 Å².